The molecule has 1 aliphatic heterocycles. The average molecular weight is 315 g/mol. The Labute approximate surface area is 137 Å². The summed E-state index contributed by atoms with van der Waals surface area (Å²) in [7, 11) is 6.02. The number of hydrogen-bond acceptors (Lipinski definition) is 5. The molecule has 0 saturated carbocycles. The van der Waals surface area contributed by atoms with Crippen LogP contribution in [-0.4, -0.2) is 55.1 Å². The Morgan fingerprint density at radius 3 is 2.57 bits per heavy atom. The van der Waals surface area contributed by atoms with E-state index in [9.17, 15) is 0 Å². The molecule has 1 saturated heterocycles. The van der Waals surface area contributed by atoms with Crippen molar-refractivity contribution in [1.29, 1.82) is 0 Å². The molecule has 0 bridgehead atoms. The smallest absolute Gasteiger partial charge is 0.191 e. The van der Waals surface area contributed by atoms with E-state index in [1.165, 1.54) is 5.56 Å². The molecule has 124 valence electrons. The molecule has 1 aromatic carbocycles. The molecule has 0 N–H and O–H groups in total. The lowest BCUT2D eigenvalue weighted by molar-refractivity contribution is 0.258. The molecule has 1 aromatic heterocycles. The molecule has 1 fully saturated rings. The molecule has 0 aliphatic carbocycles. The first-order valence-corrected chi connectivity index (χ1v) is 8.00. The van der Waals surface area contributed by atoms with Crippen LogP contribution in [0.3, 0.4) is 0 Å². The van der Waals surface area contributed by atoms with Gasteiger partial charge in [-0.2, -0.15) is 0 Å². The van der Waals surface area contributed by atoms with Gasteiger partial charge in [0.15, 0.2) is 5.89 Å². The lowest BCUT2D eigenvalue weighted by Gasteiger charge is -2.25. The van der Waals surface area contributed by atoms with Gasteiger partial charge in [-0.1, -0.05) is 12.1 Å². The van der Waals surface area contributed by atoms with Crippen molar-refractivity contribution in [2.45, 2.75) is 25.4 Å². The van der Waals surface area contributed by atoms with E-state index in [0.29, 0.717) is 12.0 Å². The fraction of sp³-hybridized carbons (Fsp3) is 0.500. The van der Waals surface area contributed by atoms with Crippen molar-refractivity contribution in [3.05, 3.63) is 47.7 Å². The van der Waals surface area contributed by atoms with Gasteiger partial charge in [-0.3, -0.25) is 4.90 Å². The number of likely N-dealkylation sites (tertiary alicyclic amines) is 1. The lowest BCUT2D eigenvalue weighted by Crippen LogP contribution is -2.34. The Kier molecular flexibility index (Phi) is 4.68. The van der Waals surface area contributed by atoms with E-state index in [-0.39, 0.29) is 0 Å². The molecule has 0 radical (unpaired) electrons. The van der Waals surface area contributed by atoms with Crippen LogP contribution in [0, 0.1) is 6.92 Å². The molecular formula is C18H25N3O2. The molecule has 1 aliphatic rings. The Bertz CT molecular complexity index is 636. The molecule has 2 atom stereocenters. The minimum Gasteiger partial charge on any atom is -0.497 e. The van der Waals surface area contributed by atoms with Crippen molar-refractivity contribution in [2.24, 2.45) is 0 Å². The Morgan fingerprint density at radius 2 is 2.00 bits per heavy atom. The first-order valence-electron chi connectivity index (χ1n) is 8.00. The minimum absolute atomic E-state index is 0.490. The van der Waals surface area contributed by atoms with Crippen LogP contribution in [0.2, 0.25) is 0 Å². The number of hydrogen-bond donors (Lipinski definition) is 0. The third-order valence-corrected chi connectivity index (χ3v) is 4.62. The predicted octanol–water partition coefficient (Wildman–Crippen LogP) is 2.52. The standard InChI is InChI=1S/C18H25N3O2/c1-13-19-15(12-23-13)9-21-10-17(18(11-21)20(2)3)14-5-7-16(22-4)8-6-14/h5-8,12,17-18H,9-11H2,1-4H3. The third-order valence-electron chi connectivity index (χ3n) is 4.62. The van der Waals surface area contributed by atoms with Crippen molar-refractivity contribution in [3.8, 4) is 5.75 Å². The number of likely N-dealkylation sites (N-methyl/N-ethyl adjacent to an activating group) is 1. The van der Waals surface area contributed by atoms with Gasteiger partial charge < -0.3 is 14.1 Å². The molecule has 5 nitrogen and oxygen atoms in total. The van der Waals surface area contributed by atoms with Crippen LogP contribution in [0.4, 0.5) is 0 Å². The maximum absolute atomic E-state index is 5.32. The molecule has 0 spiro atoms. The number of methoxy groups -OCH3 is 1. The van der Waals surface area contributed by atoms with Gasteiger partial charge in [0.05, 0.1) is 12.8 Å². The zero-order valence-electron chi connectivity index (χ0n) is 14.3. The second-order valence-corrected chi connectivity index (χ2v) is 6.46. The van der Waals surface area contributed by atoms with Crippen molar-refractivity contribution in [2.75, 3.05) is 34.3 Å². The number of rotatable bonds is 5. The number of benzene rings is 1. The average Bonchev–Trinajstić information content (AvgIpc) is 3.14. The van der Waals surface area contributed by atoms with Crippen molar-refractivity contribution < 1.29 is 9.15 Å². The van der Waals surface area contributed by atoms with E-state index in [2.05, 4.69) is 41.0 Å². The second-order valence-electron chi connectivity index (χ2n) is 6.46. The first kappa shape index (κ1) is 16.0. The zero-order chi connectivity index (χ0) is 16.4. The second kappa shape index (κ2) is 6.72. The van der Waals surface area contributed by atoms with Crippen LogP contribution in [0.15, 0.2) is 34.9 Å². The topological polar surface area (TPSA) is 41.7 Å². The van der Waals surface area contributed by atoms with Gasteiger partial charge >= 0.3 is 0 Å². The van der Waals surface area contributed by atoms with Crippen LogP contribution < -0.4 is 4.74 Å². The highest BCUT2D eigenvalue weighted by atomic mass is 16.5. The zero-order valence-corrected chi connectivity index (χ0v) is 14.3. The lowest BCUT2D eigenvalue weighted by atomic mass is 9.93. The number of oxazole rings is 1. The molecule has 5 heteroatoms. The van der Waals surface area contributed by atoms with Gasteiger partial charge in [0.25, 0.3) is 0 Å². The minimum atomic E-state index is 0.490. The third kappa shape index (κ3) is 3.57. The van der Waals surface area contributed by atoms with Crippen molar-refractivity contribution >= 4 is 0 Å². The van der Waals surface area contributed by atoms with Crippen LogP contribution in [0.1, 0.15) is 23.1 Å². The Morgan fingerprint density at radius 1 is 1.26 bits per heavy atom. The van der Waals surface area contributed by atoms with E-state index in [0.717, 1.165) is 37.0 Å². The molecule has 2 aromatic rings. The summed E-state index contributed by atoms with van der Waals surface area (Å²) in [4.78, 5) is 9.20. The predicted molar refractivity (Wildman–Crippen MR) is 89.7 cm³/mol. The maximum Gasteiger partial charge on any atom is 0.191 e. The summed E-state index contributed by atoms with van der Waals surface area (Å²) in [6, 6.07) is 8.96. The summed E-state index contributed by atoms with van der Waals surface area (Å²) in [5.74, 6) is 2.13. The summed E-state index contributed by atoms with van der Waals surface area (Å²) < 4.78 is 10.6. The molecular weight excluding hydrogens is 290 g/mol. The molecule has 2 unspecified atom stereocenters. The summed E-state index contributed by atoms with van der Waals surface area (Å²) in [6.07, 6.45) is 1.76. The quantitative estimate of drug-likeness (QED) is 0.848. The normalized spacial score (nSPS) is 22.0. The van der Waals surface area contributed by atoms with Gasteiger partial charge in [-0.25, -0.2) is 4.98 Å². The van der Waals surface area contributed by atoms with Crippen LogP contribution in [0.25, 0.3) is 0 Å². The van der Waals surface area contributed by atoms with Gasteiger partial charge in [0.2, 0.25) is 0 Å². The van der Waals surface area contributed by atoms with Crippen LogP contribution in [-0.2, 0) is 6.54 Å². The van der Waals surface area contributed by atoms with Gasteiger partial charge in [-0.15, -0.1) is 0 Å². The monoisotopic (exact) mass is 315 g/mol. The molecule has 23 heavy (non-hydrogen) atoms. The Balaban J connectivity index is 1.75. The van der Waals surface area contributed by atoms with Crippen molar-refractivity contribution in [3.63, 3.8) is 0 Å². The number of aryl methyl sites for hydroxylation is 1. The highest BCUT2D eigenvalue weighted by Crippen LogP contribution is 2.32. The Hall–Kier alpha value is -1.85. The van der Waals surface area contributed by atoms with Crippen molar-refractivity contribution in [1.82, 2.24) is 14.8 Å². The van der Waals surface area contributed by atoms with E-state index in [1.807, 2.05) is 19.1 Å². The largest absolute Gasteiger partial charge is 0.497 e. The highest BCUT2D eigenvalue weighted by molar-refractivity contribution is 5.31. The SMILES string of the molecule is COc1ccc(C2CN(Cc3coc(C)n3)CC2N(C)C)cc1. The summed E-state index contributed by atoms with van der Waals surface area (Å²) >= 11 is 0. The molecule has 3 rings (SSSR count). The van der Waals surface area contributed by atoms with Gasteiger partial charge in [0, 0.05) is 38.5 Å². The van der Waals surface area contributed by atoms with E-state index >= 15 is 0 Å². The molecule has 0 amide bonds. The fourth-order valence-electron chi connectivity index (χ4n) is 3.41. The number of nitrogens with zero attached hydrogens (tertiary/aromatic N) is 3. The summed E-state index contributed by atoms with van der Waals surface area (Å²) in [6.45, 7) is 4.79. The first-order chi connectivity index (χ1) is 11.1. The maximum atomic E-state index is 5.32. The summed E-state index contributed by atoms with van der Waals surface area (Å²) in [5, 5.41) is 0. The molecule has 2 heterocycles. The number of aromatic nitrogens is 1. The van der Waals surface area contributed by atoms with Gasteiger partial charge in [0.1, 0.15) is 12.0 Å². The number of ether oxygens (including phenoxy) is 1. The summed E-state index contributed by atoms with van der Waals surface area (Å²) in [5.41, 5.74) is 2.37. The van der Waals surface area contributed by atoms with E-state index in [1.54, 1.807) is 13.4 Å². The van der Waals surface area contributed by atoms with E-state index < -0.39 is 0 Å². The van der Waals surface area contributed by atoms with Crippen LogP contribution in [0.5, 0.6) is 5.75 Å². The van der Waals surface area contributed by atoms with Gasteiger partial charge in [-0.05, 0) is 31.8 Å². The van der Waals surface area contributed by atoms with E-state index in [4.69, 9.17) is 9.15 Å². The highest BCUT2D eigenvalue weighted by Gasteiger charge is 2.35. The van der Waals surface area contributed by atoms with Crippen LogP contribution >= 0.6 is 0 Å². The fourth-order valence-corrected chi connectivity index (χ4v) is 3.41.